The highest BCUT2D eigenvalue weighted by atomic mass is 32.2. The molecule has 0 N–H and O–H groups in total. The van der Waals surface area contributed by atoms with Crippen molar-refractivity contribution in [3.63, 3.8) is 0 Å². The molecule has 0 aromatic heterocycles. The van der Waals surface area contributed by atoms with Gasteiger partial charge in [0.25, 0.3) is 0 Å². The van der Waals surface area contributed by atoms with E-state index < -0.39 is 9.84 Å². The molecule has 6 heteroatoms. The molecule has 0 amide bonds. The van der Waals surface area contributed by atoms with Crippen LogP contribution < -0.4 is 0 Å². The fraction of sp³-hybridized carbons (Fsp3) is 0.462. The van der Waals surface area contributed by atoms with Gasteiger partial charge in [-0.25, -0.2) is 8.42 Å². The van der Waals surface area contributed by atoms with Crippen molar-refractivity contribution >= 4 is 38.1 Å². The summed E-state index contributed by atoms with van der Waals surface area (Å²) in [5.74, 6) is 0.463. The van der Waals surface area contributed by atoms with Gasteiger partial charge >= 0.3 is 0 Å². The van der Waals surface area contributed by atoms with E-state index in [1.807, 2.05) is 37.3 Å². The van der Waals surface area contributed by atoms with Gasteiger partial charge in [0.05, 0.1) is 17.0 Å². The average molecular weight is 313 g/mol. The monoisotopic (exact) mass is 313 g/mol. The lowest BCUT2D eigenvalue weighted by molar-refractivity contribution is 0.238. The number of hydrogen-bond acceptors (Lipinski definition) is 4. The lowest BCUT2D eigenvalue weighted by Crippen LogP contribution is -2.48. The predicted octanol–water partition coefficient (Wildman–Crippen LogP) is 2.08. The molecule has 3 rings (SSSR count). The van der Waals surface area contributed by atoms with Crippen LogP contribution in [0.1, 0.15) is 12.5 Å². The summed E-state index contributed by atoms with van der Waals surface area (Å²) < 4.78 is 24.6. The number of hydrogen-bond donors (Lipinski definition) is 0. The zero-order valence-electron chi connectivity index (χ0n) is 10.6. The number of thiocarbonyl (C=S) groups is 1. The quantitative estimate of drug-likeness (QED) is 0.782. The van der Waals surface area contributed by atoms with Crippen LogP contribution in [0.5, 0.6) is 0 Å². The Balaban J connectivity index is 1.91. The predicted molar refractivity (Wildman–Crippen MR) is 83.0 cm³/mol. The molecule has 0 spiro atoms. The van der Waals surface area contributed by atoms with Gasteiger partial charge in [-0.15, -0.1) is 0 Å². The van der Waals surface area contributed by atoms with Gasteiger partial charge in [0.1, 0.15) is 4.32 Å². The molecule has 102 valence electrons. The Labute approximate surface area is 123 Å². The highest BCUT2D eigenvalue weighted by Gasteiger charge is 2.56. The lowest BCUT2D eigenvalue weighted by Gasteiger charge is -2.34. The maximum absolute atomic E-state index is 11.9. The Morgan fingerprint density at radius 2 is 2.11 bits per heavy atom. The minimum Gasteiger partial charge on any atom is -0.346 e. The third-order valence-corrected chi connectivity index (χ3v) is 7.84. The van der Waals surface area contributed by atoms with Crippen LogP contribution in [0.4, 0.5) is 0 Å². The van der Waals surface area contributed by atoms with Crippen molar-refractivity contribution in [3.8, 4) is 0 Å². The van der Waals surface area contributed by atoms with Gasteiger partial charge in [-0.05, 0) is 12.5 Å². The molecule has 1 aromatic rings. The van der Waals surface area contributed by atoms with E-state index >= 15 is 0 Å². The van der Waals surface area contributed by atoms with Gasteiger partial charge in [-0.2, -0.15) is 0 Å². The fourth-order valence-corrected chi connectivity index (χ4v) is 7.74. The fourth-order valence-electron chi connectivity index (χ4n) is 2.82. The summed E-state index contributed by atoms with van der Waals surface area (Å²) in [7, 11) is -2.93. The molecule has 2 saturated heterocycles. The van der Waals surface area contributed by atoms with Crippen LogP contribution in [-0.2, 0) is 16.4 Å². The number of thioether (sulfide) groups is 1. The summed E-state index contributed by atoms with van der Waals surface area (Å²) in [5.41, 5.74) is 0.813. The molecular formula is C13H15NO2S3. The summed E-state index contributed by atoms with van der Waals surface area (Å²) in [4.78, 5) is 2.09. The van der Waals surface area contributed by atoms with Gasteiger partial charge < -0.3 is 4.90 Å². The van der Waals surface area contributed by atoms with Crippen LogP contribution >= 0.6 is 24.0 Å². The second kappa shape index (κ2) is 4.46. The molecular weight excluding hydrogens is 298 g/mol. The standard InChI is InChI=1S/C13H15NO2S3/c1-13-9-19(15,16)8-11(13)18-12(17)14(13)7-10-5-3-2-4-6-10/h2-6,11H,7-9H2,1H3/t11-,13-/m1/s1. The van der Waals surface area contributed by atoms with Gasteiger partial charge in [-0.1, -0.05) is 54.3 Å². The molecule has 19 heavy (non-hydrogen) atoms. The third kappa shape index (κ3) is 2.30. The molecule has 2 aliphatic heterocycles. The Morgan fingerprint density at radius 1 is 1.42 bits per heavy atom. The topological polar surface area (TPSA) is 37.4 Å². The number of nitrogens with zero attached hydrogens (tertiary/aromatic N) is 1. The van der Waals surface area contributed by atoms with Crippen molar-refractivity contribution in [2.45, 2.75) is 24.3 Å². The Hall–Kier alpha value is -0.590. The first-order chi connectivity index (χ1) is 8.91. The van der Waals surface area contributed by atoms with Crippen molar-refractivity contribution in [2.75, 3.05) is 11.5 Å². The average Bonchev–Trinajstić information content (AvgIpc) is 2.68. The van der Waals surface area contributed by atoms with Crippen LogP contribution in [-0.4, -0.2) is 39.9 Å². The highest BCUT2D eigenvalue weighted by Crippen LogP contribution is 2.46. The van der Waals surface area contributed by atoms with Gasteiger partial charge in [0, 0.05) is 11.8 Å². The normalized spacial score (nSPS) is 32.6. The Bertz CT molecular complexity index is 614. The highest BCUT2D eigenvalue weighted by molar-refractivity contribution is 8.24. The molecule has 0 saturated carbocycles. The Morgan fingerprint density at radius 3 is 2.79 bits per heavy atom. The van der Waals surface area contributed by atoms with Crippen LogP contribution in [0.3, 0.4) is 0 Å². The lowest BCUT2D eigenvalue weighted by atomic mass is 9.99. The van der Waals surface area contributed by atoms with Gasteiger partial charge in [-0.3, -0.25) is 0 Å². The van der Waals surface area contributed by atoms with E-state index in [4.69, 9.17) is 12.2 Å². The van der Waals surface area contributed by atoms with E-state index in [1.54, 1.807) is 11.8 Å². The van der Waals surface area contributed by atoms with E-state index in [0.29, 0.717) is 6.54 Å². The van der Waals surface area contributed by atoms with E-state index in [9.17, 15) is 8.42 Å². The van der Waals surface area contributed by atoms with Gasteiger partial charge in [0.15, 0.2) is 9.84 Å². The number of fused-ring (bicyclic) bond motifs is 1. The largest absolute Gasteiger partial charge is 0.346 e. The molecule has 1 aromatic carbocycles. The zero-order chi connectivity index (χ0) is 13.7. The van der Waals surface area contributed by atoms with Crippen LogP contribution in [0.15, 0.2) is 30.3 Å². The van der Waals surface area contributed by atoms with E-state index in [-0.39, 0.29) is 22.3 Å². The molecule has 2 atom stereocenters. The van der Waals surface area contributed by atoms with Gasteiger partial charge in [0.2, 0.25) is 0 Å². The minimum absolute atomic E-state index is 0.0775. The summed E-state index contributed by atoms with van der Waals surface area (Å²) in [5, 5.41) is 0.0775. The number of benzene rings is 1. The smallest absolute Gasteiger partial charge is 0.153 e. The molecule has 0 unspecified atom stereocenters. The van der Waals surface area contributed by atoms with E-state index in [2.05, 4.69) is 4.90 Å². The zero-order valence-corrected chi connectivity index (χ0v) is 13.0. The van der Waals surface area contributed by atoms with Crippen LogP contribution in [0.25, 0.3) is 0 Å². The van der Waals surface area contributed by atoms with Crippen molar-refractivity contribution in [3.05, 3.63) is 35.9 Å². The molecule has 0 aliphatic carbocycles. The van der Waals surface area contributed by atoms with Crippen molar-refractivity contribution < 1.29 is 8.42 Å². The first-order valence-electron chi connectivity index (χ1n) is 6.13. The maximum atomic E-state index is 11.9. The van der Waals surface area contributed by atoms with E-state index in [0.717, 1.165) is 9.88 Å². The number of rotatable bonds is 2. The Kier molecular flexibility index (Phi) is 3.15. The molecule has 2 fully saturated rings. The molecule has 2 aliphatic rings. The van der Waals surface area contributed by atoms with Crippen LogP contribution in [0.2, 0.25) is 0 Å². The molecule has 0 bridgehead atoms. The van der Waals surface area contributed by atoms with Crippen molar-refractivity contribution in [1.82, 2.24) is 4.90 Å². The second-order valence-corrected chi connectivity index (χ2v) is 9.30. The van der Waals surface area contributed by atoms with Crippen LogP contribution in [0, 0.1) is 0 Å². The SMILES string of the molecule is C[C@@]12CS(=O)(=O)C[C@H]1SC(=S)N2Cc1ccccc1. The first kappa shape index (κ1) is 13.4. The van der Waals surface area contributed by atoms with Crippen molar-refractivity contribution in [2.24, 2.45) is 0 Å². The molecule has 2 heterocycles. The molecule has 0 radical (unpaired) electrons. The maximum Gasteiger partial charge on any atom is 0.153 e. The summed E-state index contributed by atoms with van der Waals surface area (Å²) in [6, 6.07) is 10.1. The minimum atomic E-state index is -2.93. The molecule has 3 nitrogen and oxygen atoms in total. The van der Waals surface area contributed by atoms with E-state index in [1.165, 1.54) is 0 Å². The van der Waals surface area contributed by atoms with Crippen molar-refractivity contribution in [1.29, 1.82) is 0 Å². The summed E-state index contributed by atoms with van der Waals surface area (Å²) in [6.07, 6.45) is 0. The summed E-state index contributed by atoms with van der Waals surface area (Å²) in [6.45, 7) is 2.71. The first-order valence-corrected chi connectivity index (χ1v) is 9.24. The third-order valence-electron chi connectivity index (χ3n) is 3.87. The second-order valence-electron chi connectivity index (χ2n) is 5.36. The summed E-state index contributed by atoms with van der Waals surface area (Å²) >= 11 is 6.98. The number of sulfone groups is 1.